The predicted molar refractivity (Wildman–Crippen MR) is 108 cm³/mol. The first kappa shape index (κ1) is 18.4. The molecular formula is C18H22IN3O2. The monoisotopic (exact) mass is 439 g/mol. The Morgan fingerprint density at radius 2 is 1.79 bits per heavy atom. The van der Waals surface area contributed by atoms with Gasteiger partial charge in [0.2, 0.25) is 0 Å². The summed E-state index contributed by atoms with van der Waals surface area (Å²) in [5.41, 5.74) is 8.04. The van der Waals surface area contributed by atoms with Crippen molar-refractivity contribution in [2.45, 2.75) is 12.8 Å². The molecule has 0 saturated carbocycles. The fourth-order valence-electron chi connectivity index (χ4n) is 2.38. The first-order valence-electron chi connectivity index (χ1n) is 7.82. The molecule has 5 nitrogen and oxygen atoms in total. The molecule has 1 aliphatic heterocycles. The first-order chi connectivity index (χ1) is 11.3. The third kappa shape index (κ3) is 5.30. The van der Waals surface area contributed by atoms with Crippen LogP contribution < -0.4 is 20.5 Å². The van der Waals surface area contributed by atoms with Gasteiger partial charge in [0.25, 0.3) is 0 Å². The summed E-state index contributed by atoms with van der Waals surface area (Å²) in [4.78, 5) is 4.36. The Balaban J connectivity index is 0.00000208. The SMILES string of the molecule is I.NC(=NCCc1ccccc1)Nc1ccc2c(c1)OCCCO2. The summed E-state index contributed by atoms with van der Waals surface area (Å²) in [5, 5.41) is 3.09. The Kier molecular flexibility index (Phi) is 7.17. The standard InChI is InChI=1S/C18H21N3O2.HI/c19-18(20-10-9-14-5-2-1-3-6-14)21-15-7-8-16-17(13-15)23-12-4-11-22-16;/h1-3,5-8,13H,4,9-12H2,(H3,19,20,21);1H. The number of nitrogens with two attached hydrogens (primary N) is 1. The lowest BCUT2D eigenvalue weighted by atomic mass is 10.2. The van der Waals surface area contributed by atoms with E-state index in [2.05, 4.69) is 22.4 Å². The smallest absolute Gasteiger partial charge is 0.193 e. The molecule has 0 spiro atoms. The highest BCUT2D eigenvalue weighted by Crippen LogP contribution is 2.32. The minimum Gasteiger partial charge on any atom is -0.490 e. The van der Waals surface area contributed by atoms with Crippen molar-refractivity contribution in [3.05, 3.63) is 54.1 Å². The third-order valence-corrected chi connectivity index (χ3v) is 3.55. The van der Waals surface area contributed by atoms with Crippen molar-refractivity contribution in [1.82, 2.24) is 0 Å². The number of benzene rings is 2. The van der Waals surface area contributed by atoms with E-state index in [1.807, 2.05) is 36.4 Å². The molecule has 0 aliphatic carbocycles. The number of halogens is 1. The summed E-state index contributed by atoms with van der Waals surface area (Å²) in [6.07, 6.45) is 1.75. The summed E-state index contributed by atoms with van der Waals surface area (Å²) >= 11 is 0. The van der Waals surface area contributed by atoms with Crippen LogP contribution in [-0.4, -0.2) is 25.7 Å². The molecular weight excluding hydrogens is 417 g/mol. The maximum Gasteiger partial charge on any atom is 0.193 e. The number of nitrogens with zero attached hydrogens (tertiary/aromatic N) is 1. The molecule has 3 rings (SSSR count). The lowest BCUT2D eigenvalue weighted by molar-refractivity contribution is 0.297. The number of hydrogen-bond donors (Lipinski definition) is 2. The van der Waals surface area contributed by atoms with E-state index in [1.165, 1.54) is 5.56 Å². The van der Waals surface area contributed by atoms with Crippen LogP contribution in [0.15, 0.2) is 53.5 Å². The first-order valence-corrected chi connectivity index (χ1v) is 7.82. The van der Waals surface area contributed by atoms with Crippen molar-refractivity contribution in [3.63, 3.8) is 0 Å². The van der Waals surface area contributed by atoms with Crippen LogP contribution in [0.3, 0.4) is 0 Å². The zero-order valence-electron chi connectivity index (χ0n) is 13.4. The van der Waals surface area contributed by atoms with Crippen molar-refractivity contribution in [3.8, 4) is 11.5 Å². The lowest BCUT2D eigenvalue weighted by Crippen LogP contribution is -2.23. The number of fused-ring (bicyclic) bond motifs is 1. The Hall–Kier alpha value is -1.96. The summed E-state index contributed by atoms with van der Waals surface area (Å²) < 4.78 is 11.3. The predicted octanol–water partition coefficient (Wildman–Crippen LogP) is 3.44. The normalized spacial score (nSPS) is 13.6. The van der Waals surface area contributed by atoms with Crippen LogP contribution in [0.1, 0.15) is 12.0 Å². The maximum atomic E-state index is 5.94. The molecule has 24 heavy (non-hydrogen) atoms. The molecule has 0 saturated heterocycles. The van der Waals surface area contributed by atoms with E-state index < -0.39 is 0 Å². The minimum atomic E-state index is 0. The van der Waals surface area contributed by atoms with Gasteiger partial charge in [-0.2, -0.15) is 0 Å². The van der Waals surface area contributed by atoms with Crippen molar-refractivity contribution in [1.29, 1.82) is 0 Å². The second-order valence-corrected chi connectivity index (χ2v) is 5.34. The molecule has 0 amide bonds. The molecule has 0 radical (unpaired) electrons. The van der Waals surface area contributed by atoms with Crippen LogP contribution >= 0.6 is 24.0 Å². The van der Waals surface area contributed by atoms with Gasteiger partial charge in [-0.3, -0.25) is 4.99 Å². The largest absolute Gasteiger partial charge is 0.490 e. The van der Waals surface area contributed by atoms with E-state index >= 15 is 0 Å². The van der Waals surface area contributed by atoms with Gasteiger partial charge < -0.3 is 20.5 Å². The Bertz CT molecular complexity index is 677. The van der Waals surface area contributed by atoms with Crippen molar-refractivity contribution >= 4 is 35.6 Å². The number of ether oxygens (including phenoxy) is 2. The quantitative estimate of drug-likeness (QED) is 0.435. The molecule has 0 bridgehead atoms. The van der Waals surface area contributed by atoms with Crippen LogP contribution in [-0.2, 0) is 6.42 Å². The van der Waals surface area contributed by atoms with E-state index in [0.717, 1.165) is 30.0 Å². The fourth-order valence-corrected chi connectivity index (χ4v) is 2.38. The van der Waals surface area contributed by atoms with Crippen LogP contribution in [0.5, 0.6) is 11.5 Å². The second kappa shape index (κ2) is 9.36. The molecule has 2 aromatic rings. The van der Waals surface area contributed by atoms with E-state index in [0.29, 0.717) is 25.7 Å². The molecule has 0 atom stereocenters. The molecule has 128 valence electrons. The fraction of sp³-hybridized carbons (Fsp3) is 0.278. The molecule has 0 aromatic heterocycles. The number of guanidine groups is 1. The number of anilines is 1. The average molecular weight is 439 g/mol. The van der Waals surface area contributed by atoms with E-state index in [-0.39, 0.29) is 24.0 Å². The number of rotatable bonds is 4. The number of nitrogens with one attached hydrogen (secondary N) is 1. The average Bonchev–Trinajstić information content (AvgIpc) is 2.81. The molecule has 6 heteroatoms. The Morgan fingerprint density at radius 1 is 1.04 bits per heavy atom. The van der Waals surface area contributed by atoms with E-state index in [1.54, 1.807) is 0 Å². The number of aliphatic imine (C=N–C) groups is 1. The van der Waals surface area contributed by atoms with Gasteiger partial charge >= 0.3 is 0 Å². The highest BCUT2D eigenvalue weighted by atomic mass is 127. The molecule has 3 N–H and O–H groups in total. The highest BCUT2D eigenvalue weighted by molar-refractivity contribution is 14.0. The Labute approximate surface area is 159 Å². The van der Waals surface area contributed by atoms with Gasteiger partial charge in [-0.05, 0) is 24.1 Å². The van der Waals surface area contributed by atoms with Crippen LogP contribution in [0.2, 0.25) is 0 Å². The molecule has 0 unspecified atom stereocenters. The number of hydrogen-bond acceptors (Lipinski definition) is 3. The van der Waals surface area contributed by atoms with Gasteiger partial charge in [0.1, 0.15) is 0 Å². The van der Waals surface area contributed by atoms with Gasteiger partial charge in [0.15, 0.2) is 17.5 Å². The Morgan fingerprint density at radius 3 is 2.58 bits per heavy atom. The van der Waals surface area contributed by atoms with Crippen molar-refractivity contribution < 1.29 is 9.47 Å². The van der Waals surface area contributed by atoms with E-state index in [4.69, 9.17) is 15.2 Å². The zero-order valence-corrected chi connectivity index (χ0v) is 15.7. The van der Waals surface area contributed by atoms with Gasteiger partial charge in [0.05, 0.1) is 13.2 Å². The van der Waals surface area contributed by atoms with Crippen LogP contribution in [0.4, 0.5) is 5.69 Å². The van der Waals surface area contributed by atoms with Gasteiger partial charge in [0, 0.05) is 24.7 Å². The molecule has 0 fully saturated rings. The molecule has 2 aromatic carbocycles. The van der Waals surface area contributed by atoms with Gasteiger partial charge in [-0.1, -0.05) is 30.3 Å². The topological polar surface area (TPSA) is 68.9 Å². The van der Waals surface area contributed by atoms with Crippen molar-refractivity contribution in [2.24, 2.45) is 10.7 Å². The summed E-state index contributed by atoms with van der Waals surface area (Å²) in [5.74, 6) is 1.91. The lowest BCUT2D eigenvalue weighted by Gasteiger charge is -2.10. The molecule has 1 heterocycles. The second-order valence-electron chi connectivity index (χ2n) is 5.34. The van der Waals surface area contributed by atoms with Gasteiger partial charge in [-0.25, -0.2) is 0 Å². The van der Waals surface area contributed by atoms with E-state index in [9.17, 15) is 0 Å². The van der Waals surface area contributed by atoms with Crippen LogP contribution in [0.25, 0.3) is 0 Å². The highest BCUT2D eigenvalue weighted by Gasteiger charge is 2.10. The minimum absolute atomic E-state index is 0. The van der Waals surface area contributed by atoms with Crippen molar-refractivity contribution in [2.75, 3.05) is 25.1 Å². The third-order valence-electron chi connectivity index (χ3n) is 3.55. The zero-order chi connectivity index (χ0) is 15.9. The summed E-state index contributed by atoms with van der Waals surface area (Å²) in [6.45, 7) is 1.99. The summed E-state index contributed by atoms with van der Waals surface area (Å²) in [6, 6.07) is 15.9. The van der Waals surface area contributed by atoms with Gasteiger partial charge in [-0.15, -0.1) is 24.0 Å². The van der Waals surface area contributed by atoms with Crippen LogP contribution in [0, 0.1) is 0 Å². The molecule has 1 aliphatic rings. The maximum absolute atomic E-state index is 5.94. The summed E-state index contributed by atoms with van der Waals surface area (Å²) in [7, 11) is 0.